The lowest BCUT2D eigenvalue weighted by Gasteiger charge is -2.23. The van der Waals surface area contributed by atoms with Gasteiger partial charge >= 0.3 is 6.18 Å². The molecular weight excluding hydrogens is 383 g/mol. The number of rotatable bonds is 7. The molecule has 1 fully saturated rings. The predicted molar refractivity (Wildman–Crippen MR) is 98.4 cm³/mol. The molecule has 1 aliphatic heterocycles. The fourth-order valence-corrected chi connectivity index (χ4v) is 3.00. The van der Waals surface area contributed by atoms with E-state index in [9.17, 15) is 22.8 Å². The van der Waals surface area contributed by atoms with Crippen molar-refractivity contribution in [1.82, 2.24) is 15.5 Å². The van der Waals surface area contributed by atoms with Crippen molar-refractivity contribution in [2.75, 3.05) is 26.7 Å². The van der Waals surface area contributed by atoms with Gasteiger partial charge in [0.1, 0.15) is 0 Å². The standard InChI is InChI=1S/C18H24F3N3O2.ClH/c1-22-16(25)12-24(17(26)6-5-13-7-8-23-10-13)11-14-3-2-4-15(9-14)18(19,20)21;/h2-4,9,13,23H,5-8,10-12H2,1H3,(H,22,25);1H. The number of hydrogen-bond acceptors (Lipinski definition) is 3. The van der Waals surface area contributed by atoms with Crippen molar-refractivity contribution in [1.29, 1.82) is 0 Å². The lowest BCUT2D eigenvalue weighted by molar-refractivity contribution is -0.137. The lowest BCUT2D eigenvalue weighted by Crippen LogP contribution is -2.39. The van der Waals surface area contributed by atoms with Gasteiger partial charge in [-0.1, -0.05) is 12.1 Å². The number of alkyl halides is 3. The first-order valence-electron chi connectivity index (χ1n) is 8.65. The van der Waals surface area contributed by atoms with Crippen LogP contribution in [-0.4, -0.2) is 43.4 Å². The van der Waals surface area contributed by atoms with Crippen LogP contribution in [0.5, 0.6) is 0 Å². The van der Waals surface area contributed by atoms with Gasteiger partial charge in [-0.15, -0.1) is 12.4 Å². The molecule has 2 amide bonds. The van der Waals surface area contributed by atoms with Crippen molar-refractivity contribution in [2.45, 2.75) is 32.0 Å². The van der Waals surface area contributed by atoms with Crippen molar-refractivity contribution in [3.63, 3.8) is 0 Å². The van der Waals surface area contributed by atoms with E-state index in [1.165, 1.54) is 24.1 Å². The average molecular weight is 408 g/mol. The second-order valence-electron chi connectivity index (χ2n) is 6.52. The highest BCUT2D eigenvalue weighted by Crippen LogP contribution is 2.29. The molecule has 0 bridgehead atoms. The molecule has 0 aromatic heterocycles. The molecule has 0 saturated carbocycles. The Balaban J connectivity index is 0.00000364. The van der Waals surface area contributed by atoms with Crippen LogP contribution in [0.15, 0.2) is 24.3 Å². The quantitative estimate of drug-likeness (QED) is 0.730. The van der Waals surface area contributed by atoms with E-state index in [1.807, 2.05) is 0 Å². The number of halogens is 4. The van der Waals surface area contributed by atoms with Gasteiger partial charge in [-0.3, -0.25) is 9.59 Å². The first-order chi connectivity index (χ1) is 12.3. The predicted octanol–water partition coefficient (Wildman–Crippen LogP) is 2.59. The molecule has 1 aromatic carbocycles. The van der Waals surface area contributed by atoms with Crippen LogP contribution >= 0.6 is 12.4 Å². The summed E-state index contributed by atoms with van der Waals surface area (Å²) in [7, 11) is 1.46. The average Bonchev–Trinajstić information content (AvgIpc) is 3.12. The molecule has 27 heavy (non-hydrogen) atoms. The Morgan fingerprint density at radius 1 is 1.33 bits per heavy atom. The van der Waals surface area contributed by atoms with E-state index in [0.29, 0.717) is 17.9 Å². The van der Waals surface area contributed by atoms with E-state index in [1.54, 1.807) is 0 Å². The van der Waals surface area contributed by atoms with Crippen LogP contribution in [0.25, 0.3) is 0 Å². The van der Waals surface area contributed by atoms with Gasteiger partial charge in [0.05, 0.1) is 12.1 Å². The normalized spacial score (nSPS) is 16.5. The van der Waals surface area contributed by atoms with Crippen LogP contribution in [-0.2, 0) is 22.3 Å². The van der Waals surface area contributed by atoms with Gasteiger partial charge < -0.3 is 15.5 Å². The highest BCUT2D eigenvalue weighted by atomic mass is 35.5. The first-order valence-corrected chi connectivity index (χ1v) is 8.65. The summed E-state index contributed by atoms with van der Waals surface area (Å²) in [6.07, 6.45) is -2.45. The number of amides is 2. The van der Waals surface area contributed by atoms with Crippen molar-refractivity contribution >= 4 is 24.2 Å². The van der Waals surface area contributed by atoms with Crippen molar-refractivity contribution in [2.24, 2.45) is 5.92 Å². The molecule has 5 nitrogen and oxygen atoms in total. The highest BCUT2D eigenvalue weighted by molar-refractivity contribution is 5.85. The minimum absolute atomic E-state index is 0. The maximum atomic E-state index is 12.9. The number of hydrogen-bond donors (Lipinski definition) is 2. The number of nitrogens with zero attached hydrogens (tertiary/aromatic N) is 1. The smallest absolute Gasteiger partial charge is 0.358 e. The van der Waals surface area contributed by atoms with Crippen LogP contribution in [0.3, 0.4) is 0 Å². The number of benzene rings is 1. The second kappa shape index (κ2) is 10.5. The molecule has 1 aromatic rings. The third-order valence-electron chi connectivity index (χ3n) is 4.52. The van der Waals surface area contributed by atoms with Gasteiger partial charge in [0, 0.05) is 20.0 Å². The Morgan fingerprint density at radius 2 is 2.07 bits per heavy atom. The molecule has 0 aliphatic carbocycles. The Kier molecular flexibility index (Phi) is 9.05. The maximum absolute atomic E-state index is 12.9. The maximum Gasteiger partial charge on any atom is 0.416 e. The van der Waals surface area contributed by atoms with Crippen LogP contribution in [0.4, 0.5) is 13.2 Å². The zero-order chi connectivity index (χ0) is 19.2. The molecule has 152 valence electrons. The van der Waals surface area contributed by atoms with Crippen molar-refractivity contribution < 1.29 is 22.8 Å². The first kappa shape index (κ1) is 23.2. The van der Waals surface area contributed by atoms with Gasteiger partial charge in [0.15, 0.2) is 0 Å². The molecule has 1 aliphatic rings. The molecule has 0 radical (unpaired) electrons. The zero-order valence-corrected chi connectivity index (χ0v) is 16.0. The minimum atomic E-state index is -4.44. The van der Waals surface area contributed by atoms with E-state index in [2.05, 4.69) is 10.6 Å². The summed E-state index contributed by atoms with van der Waals surface area (Å²) in [4.78, 5) is 25.6. The van der Waals surface area contributed by atoms with Crippen LogP contribution in [0.2, 0.25) is 0 Å². The number of likely N-dealkylation sites (N-methyl/N-ethyl adjacent to an activating group) is 1. The second-order valence-corrected chi connectivity index (χ2v) is 6.52. The lowest BCUT2D eigenvalue weighted by atomic mass is 10.0. The molecule has 9 heteroatoms. The Morgan fingerprint density at radius 3 is 2.67 bits per heavy atom. The summed E-state index contributed by atoms with van der Waals surface area (Å²) in [6, 6.07) is 4.84. The fourth-order valence-electron chi connectivity index (χ4n) is 3.00. The Labute approximate surface area is 163 Å². The van der Waals surface area contributed by atoms with Crippen molar-refractivity contribution in [3.05, 3.63) is 35.4 Å². The van der Waals surface area contributed by atoms with Crippen LogP contribution in [0, 0.1) is 5.92 Å². The number of nitrogens with one attached hydrogen (secondary N) is 2. The number of carbonyl (C=O) groups is 2. The van der Waals surface area contributed by atoms with Crippen LogP contribution in [0.1, 0.15) is 30.4 Å². The number of carbonyl (C=O) groups excluding carboxylic acids is 2. The summed E-state index contributed by atoms with van der Waals surface area (Å²) in [5, 5.41) is 5.68. The molecule has 1 atom stereocenters. The van der Waals surface area contributed by atoms with E-state index >= 15 is 0 Å². The summed E-state index contributed by atoms with van der Waals surface area (Å²) in [5.41, 5.74) is -0.418. The largest absolute Gasteiger partial charge is 0.416 e. The fraction of sp³-hybridized carbons (Fsp3) is 0.556. The Hall–Kier alpha value is -1.80. The van der Waals surface area contributed by atoms with Gasteiger partial charge in [0.2, 0.25) is 11.8 Å². The molecule has 1 unspecified atom stereocenters. The Bertz CT molecular complexity index is 635. The molecule has 1 heterocycles. The van der Waals surface area contributed by atoms with Gasteiger partial charge in [-0.05, 0) is 49.5 Å². The summed E-state index contributed by atoms with van der Waals surface area (Å²) < 4.78 is 38.6. The summed E-state index contributed by atoms with van der Waals surface area (Å²) in [5.74, 6) is -0.153. The third kappa shape index (κ3) is 7.38. The van der Waals surface area contributed by atoms with Gasteiger partial charge in [0.25, 0.3) is 0 Å². The summed E-state index contributed by atoms with van der Waals surface area (Å²) in [6.45, 7) is 1.61. The molecule has 1 saturated heterocycles. The van der Waals surface area contributed by atoms with E-state index in [0.717, 1.165) is 31.6 Å². The van der Waals surface area contributed by atoms with E-state index in [4.69, 9.17) is 0 Å². The SMILES string of the molecule is CNC(=O)CN(Cc1cccc(C(F)(F)F)c1)C(=O)CCC1CCNC1.Cl. The molecule has 0 spiro atoms. The summed E-state index contributed by atoms with van der Waals surface area (Å²) >= 11 is 0. The molecule has 2 N–H and O–H groups in total. The van der Waals surface area contributed by atoms with Crippen LogP contribution < -0.4 is 10.6 Å². The molecule has 2 rings (SSSR count). The van der Waals surface area contributed by atoms with E-state index < -0.39 is 11.7 Å². The van der Waals surface area contributed by atoms with Gasteiger partial charge in [-0.25, -0.2) is 0 Å². The minimum Gasteiger partial charge on any atom is -0.358 e. The molecular formula is C18H25ClF3N3O2. The highest BCUT2D eigenvalue weighted by Gasteiger charge is 2.30. The monoisotopic (exact) mass is 407 g/mol. The van der Waals surface area contributed by atoms with Crippen molar-refractivity contribution in [3.8, 4) is 0 Å². The van der Waals surface area contributed by atoms with Gasteiger partial charge in [-0.2, -0.15) is 13.2 Å². The zero-order valence-electron chi connectivity index (χ0n) is 15.1. The topological polar surface area (TPSA) is 61.4 Å². The van der Waals surface area contributed by atoms with E-state index in [-0.39, 0.29) is 43.7 Å². The third-order valence-corrected chi connectivity index (χ3v) is 4.52.